The Morgan fingerprint density at radius 3 is 3.00 bits per heavy atom. The molecule has 1 aliphatic rings. The SMILES string of the molecule is O=C(C1=Nc2cc(Br)cnc2CC1)c1cc2ccc(Cl)cn2n1. The second-order valence-corrected chi connectivity index (χ2v) is 6.61. The number of rotatable bonds is 2. The Morgan fingerprint density at radius 2 is 2.13 bits per heavy atom. The number of hydrogen-bond acceptors (Lipinski definition) is 4. The van der Waals surface area contributed by atoms with Crippen molar-refractivity contribution >= 4 is 50.2 Å². The molecule has 1 aliphatic heterocycles. The first kappa shape index (κ1) is 14.5. The zero-order valence-electron chi connectivity index (χ0n) is 11.8. The Kier molecular flexibility index (Phi) is 3.50. The van der Waals surface area contributed by atoms with Gasteiger partial charge in [0.2, 0.25) is 5.78 Å². The highest BCUT2D eigenvalue weighted by atomic mass is 79.9. The highest BCUT2D eigenvalue weighted by Crippen LogP contribution is 2.28. The van der Waals surface area contributed by atoms with Crippen LogP contribution in [-0.4, -0.2) is 26.1 Å². The number of carbonyl (C=O) groups is 1. The average Bonchev–Trinajstić information content (AvgIpc) is 2.96. The summed E-state index contributed by atoms with van der Waals surface area (Å²) in [7, 11) is 0. The lowest BCUT2D eigenvalue weighted by molar-refractivity contribution is 0.105. The van der Waals surface area contributed by atoms with Crippen LogP contribution in [0.1, 0.15) is 22.6 Å². The van der Waals surface area contributed by atoms with Gasteiger partial charge in [0.1, 0.15) is 5.69 Å². The van der Waals surface area contributed by atoms with Crippen LogP contribution in [-0.2, 0) is 6.42 Å². The summed E-state index contributed by atoms with van der Waals surface area (Å²) in [5, 5.41) is 4.87. The zero-order chi connectivity index (χ0) is 16.0. The molecular weight excluding hydrogens is 380 g/mol. The van der Waals surface area contributed by atoms with E-state index in [0.29, 0.717) is 29.3 Å². The Labute approximate surface area is 145 Å². The van der Waals surface area contributed by atoms with Crippen LogP contribution in [0.5, 0.6) is 0 Å². The largest absolute Gasteiger partial charge is 0.285 e. The maximum atomic E-state index is 12.7. The van der Waals surface area contributed by atoms with E-state index < -0.39 is 0 Å². The molecule has 0 amide bonds. The number of fused-ring (bicyclic) bond motifs is 2. The fourth-order valence-electron chi connectivity index (χ4n) is 2.57. The summed E-state index contributed by atoms with van der Waals surface area (Å²) in [4.78, 5) is 21.5. The lowest BCUT2D eigenvalue weighted by Gasteiger charge is -2.13. The van der Waals surface area contributed by atoms with Gasteiger partial charge in [-0.3, -0.25) is 9.78 Å². The minimum absolute atomic E-state index is 0.157. The van der Waals surface area contributed by atoms with Crippen LogP contribution < -0.4 is 0 Å². The highest BCUT2D eigenvalue weighted by Gasteiger charge is 2.22. The van der Waals surface area contributed by atoms with E-state index in [1.807, 2.05) is 12.1 Å². The van der Waals surface area contributed by atoms with Crippen molar-refractivity contribution in [2.45, 2.75) is 12.8 Å². The van der Waals surface area contributed by atoms with Gasteiger partial charge in [0.15, 0.2) is 0 Å². The van der Waals surface area contributed by atoms with E-state index in [4.69, 9.17) is 11.6 Å². The van der Waals surface area contributed by atoms with Gasteiger partial charge in [-0.2, -0.15) is 5.10 Å². The number of ketones is 1. The van der Waals surface area contributed by atoms with Crippen LogP contribution in [0.25, 0.3) is 5.52 Å². The molecule has 5 nitrogen and oxygen atoms in total. The Hall–Kier alpha value is -2.05. The van der Waals surface area contributed by atoms with Gasteiger partial charge in [-0.25, -0.2) is 9.51 Å². The van der Waals surface area contributed by atoms with Gasteiger partial charge < -0.3 is 0 Å². The predicted molar refractivity (Wildman–Crippen MR) is 91.9 cm³/mol. The number of aliphatic imine (C=N–C) groups is 1. The Morgan fingerprint density at radius 1 is 1.26 bits per heavy atom. The van der Waals surface area contributed by atoms with Crippen LogP contribution in [0.15, 0.2) is 46.1 Å². The van der Waals surface area contributed by atoms with Gasteiger partial charge in [-0.1, -0.05) is 11.6 Å². The van der Waals surface area contributed by atoms with E-state index in [9.17, 15) is 4.79 Å². The summed E-state index contributed by atoms with van der Waals surface area (Å²) in [6.45, 7) is 0. The van der Waals surface area contributed by atoms with Gasteiger partial charge in [0, 0.05) is 16.9 Å². The van der Waals surface area contributed by atoms with Gasteiger partial charge in [-0.15, -0.1) is 0 Å². The monoisotopic (exact) mass is 388 g/mol. The fourth-order valence-corrected chi connectivity index (χ4v) is 3.04. The van der Waals surface area contributed by atoms with Gasteiger partial charge in [-0.05, 0) is 53.0 Å². The summed E-state index contributed by atoms with van der Waals surface area (Å²) in [6.07, 6.45) is 4.68. The number of hydrogen-bond donors (Lipinski definition) is 0. The third kappa shape index (κ3) is 2.68. The van der Waals surface area contributed by atoms with Crippen molar-refractivity contribution < 1.29 is 4.79 Å². The van der Waals surface area contributed by atoms with Crippen molar-refractivity contribution in [1.29, 1.82) is 0 Å². The van der Waals surface area contributed by atoms with Crippen molar-refractivity contribution in [3.05, 3.63) is 57.5 Å². The molecule has 23 heavy (non-hydrogen) atoms. The minimum Gasteiger partial charge on any atom is -0.285 e. The van der Waals surface area contributed by atoms with E-state index in [1.165, 1.54) is 0 Å². The summed E-state index contributed by atoms with van der Waals surface area (Å²) in [6, 6.07) is 7.21. The van der Waals surface area contributed by atoms with Crippen molar-refractivity contribution in [2.24, 2.45) is 4.99 Å². The number of carbonyl (C=O) groups excluding carboxylic acids is 1. The van der Waals surface area contributed by atoms with Crippen LogP contribution in [0.3, 0.4) is 0 Å². The molecule has 0 bridgehead atoms. The average molecular weight is 390 g/mol. The van der Waals surface area contributed by atoms with Crippen molar-refractivity contribution in [3.63, 3.8) is 0 Å². The number of pyridine rings is 2. The van der Waals surface area contributed by atoms with Crippen molar-refractivity contribution in [2.75, 3.05) is 0 Å². The maximum Gasteiger partial charge on any atom is 0.227 e. The lowest BCUT2D eigenvalue weighted by Crippen LogP contribution is -2.18. The second kappa shape index (κ2) is 5.54. The molecule has 0 spiro atoms. The van der Waals surface area contributed by atoms with Crippen LogP contribution in [0.4, 0.5) is 5.69 Å². The van der Waals surface area contributed by atoms with Gasteiger partial charge in [0.25, 0.3) is 0 Å². The number of halogens is 2. The van der Waals surface area contributed by atoms with E-state index in [0.717, 1.165) is 21.4 Å². The third-order valence-corrected chi connectivity index (χ3v) is 4.34. The fraction of sp³-hybridized carbons (Fsp3) is 0.125. The quantitative estimate of drug-likeness (QED) is 0.621. The Bertz CT molecular complexity index is 979. The smallest absolute Gasteiger partial charge is 0.227 e. The molecule has 0 unspecified atom stereocenters. The highest BCUT2D eigenvalue weighted by molar-refractivity contribution is 9.10. The molecule has 114 valence electrons. The van der Waals surface area contributed by atoms with Crippen molar-refractivity contribution in [3.8, 4) is 0 Å². The standard InChI is InChI=1S/C16H10BrClN4O/c17-9-5-14-12(19-7-9)3-4-13(20-14)16(23)15-6-11-2-1-10(18)8-22(11)21-15/h1-2,5-8H,3-4H2. The Balaban J connectivity index is 1.73. The maximum absolute atomic E-state index is 12.7. The molecule has 7 heteroatoms. The van der Waals surface area contributed by atoms with Gasteiger partial charge >= 0.3 is 0 Å². The van der Waals surface area contributed by atoms with Crippen LogP contribution in [0, 0.1) is 0 Å². The summed E-state index contributed by atoms with van der Waals surface area (Å²) >= 11 is 9.32. The van der Waals surface area contributed by atoms with E-state index in [1.54, 1.807) is 29.0 Å². The van der Waals surface area contributed by atoms with Crippen LogP contribution in [0.2, 0.25) is 5.02 Å². The molecule has 0 aliphatic carbocycles. The second-order valence-electron chi connectivity index (χ2n) is 5.25. The molecule has 0 saturated carbocycles. The number of nitrogens with zero attached hydrogens (tertiary/aromatic N) is 4. The molecule has 4 heterocycles. The first-order valence-corrected chi connectivity index (χ1v) is 8.19. The van der Waals surface area contributed by atoms with E-state index in [2.05, 4.69) is 31.0 Å². The summed E-state index contributed by atoms with van der Waals surface area (Å²) in [5.74, 6) is -0.157. The van der Waals surface area contributed by atoms with Crippen molar-refractivity contribution in [1.82, 2.24) is 14.6 Å². The molecule has 0 fully saturated rings. The molecule has 0 saturated heterocycles. The summed E-state index contributed by atoms with van der Waals surface area (Å²) < 4.78 is 2.45. The minimum atomic E-state index is -0.157. The first-order chi connectivity index (χ1) is 11.1. The lowest BCUT2D eigenvalue weighted by atomic mass is 10.0. The topological polar surface area (TPSA) is 59.6 Å². The predicted octanol–water partition coefficient (Wildman–Crippen LogP) is 4.05. The molecule has 3 aromatic rings. The number of aryl methyl sites for hydroxylation is 1. The third-order valence-electron chi connectivity index (χ3n) is 3.69. The van der Waals surface area contributed by atoms with Crippen LogP contribution >= 0.6 is 27.5 Å². The molecule has 0 N–H and O–H groups in total. The number of aromatic nitrogens is 3. The molecule has 0 aromatic carbocycles. The van der Waals surface area contributed by atoms with Gasteiger partial charge in [0.05, 0.1) is 27.6 Å². The number of Topliss-reactive ketones (excluding diaryl/α,β-unsaturated/α-hetero) is 1. The first-order valence-electron chi connectivity index (χ1n) is 7.02. The molecule has 0 atom stereocenters. The van der Waals surface area contributed by atoms with E-state index in [-0.39, 0.29) is 5.78 Å². The molecule has 0 radical (unpaired) electrons. The molecular formula is C16H10BrClN4O. The molecule has 4 rings (SSSR count). The molecule has 3 aromatic heterocycles. The normalized spacial score (nSPS) is 13.7. The van der Waals surface area contributed by atoms with E-state index >= 15 is 0 Å². The zero-order valence-corrected chi connectivity index (χ0v) is 14.2. The summed E-state index contributed by atoms with van der Waals surface area (Å²) in [5.41, 5.74) is 3.34.